The highest BCUT2D eigenvalue weighted by atomic mass is 32.1. The second-order valence-electron chi connectivity index (χ2n) is 6.71. The molecule has 1 atom stereocenters. The molecule has 0 aliphatic rings. The fourth-order valence-electron chi connectivity index (χ4n) is 2.67. The van der Waals surface area contributed by atoms with Gasteiger partial charge in [-0.05, 0) is 31.5 Å². The largest absolute Gasteiger partial charge is 0.424 e. The molecule has 2 heterocycles. The van der Waals surface area contributed by atoms with Gasteiger partial charge in [0.15, 0.2) is 5.13 Å². The van der Waals surface area contributed by atoms with Crippen LogP contribution in [0.25, 0.3) is 0 Å². The Morgan fingerprint density at radius 2 is 1.83 bits per heavy atom. The summed E-state index contributed by atoms with van der Waals surface area (Å²) in [6, 6.07) is 5.89. The first-order valence-corrected chi connectivity index (χ1v) is 10.4. The molecular weight excluding hydrogens is 442 g/mol. The number of halogens is 4. The van der Waals surface area contributed by atoms with E-state index >= 15 is 0 Å². The van der Waals surface area contributed by atoms with Crippen molar-refractivity contribution in [3.8, 4) is 0 Å². The van der Waals surface area contributed by atoms with Gasteiger partial charge in [-0.1, -0.05) is 12.1 Å². The lowest BCUT2D eigenvalue weighted by molar-refractivity contribution is -0.266. The van der Waals surface area contributed by atoms with Crippen LogP contribution in [0, 0.1) is 19.7 Å². The fraction of sp³-hybridized carbons (Fsp3) is 0.316. The maximum absolute atomic E-state index is 13.5. The van der Waals surface area contributed by atoms with Crippen molar-refractivity contribution in [2.75, 3.05) is 5.32 Å². The summed E-state index contributed by atoms with van der Waals surface area (Å²) in [4.78, 5) is 21.0. The summed E-state index contributed by atoms with van der Waals surface area (Å²) in [6.45, 7) is 3.20. The minimum absolute atomic E-state index is 0.120. The molecule has 1 amide bonds. The first-order valence-electron chi connectivity index (χ1n) is 8.70. The first-order chi connectivity index (χ1) is 14.0. The van der Waals surface area contributed by atoms with Crippen molar-refractivity contribution in [3.05, 3.63) is 62.3 Å². The van der Waals surface area contributed by atoms with Crippen LogP contribution in [0.3, 0.4) is 0 Å². The molecule has 2 N–H and O–H groups in total. The number of aromatic nitrogens is 2. The second kappa shape index (κ2) is 8.40. The van der Waals surface area contributed by atoms with E-state index in [4.69, 9.17) is 0 Å². The van der Waals surface area contributed by atoms with Crippen molar-refractivity contribution in [3.63, 3.8) is 0 Å². The number of anilines is 1. The number of carbonyl (C=O) groups is 1. The van der Waals surface area contributed by atoms with Crippen LogP contribution >= 0.6 is 22.7 Å². The number of alkyl halides is 3. The normalized spacial score (nSPS) is 13.8. The van der Waals surface area contributed by atoms with Crippen molar-refractivity contribution >= 4 is 33.7 Å². The van der Waals surface area contributed by atoms with Crippen molar-refractivity contribution in [1.82, 2.24) is 9.97 Å². The molecule has 160 valence electrons. The van der Waals surface area contributed by atoms with E-state index in [-0.39, 0.29) is 10.9 Å². The van der Waals surface area contributed by atoms with E-state index in [2.05, 4.69) is 15.3 Å². The van der Waals surface area contributed by atoms with Gasteiger partial charge in [0.05, 0.1) is 12.1 Å². The van der Waals surface area contributed by atoms with Crippen LogP contribution in [-0.2, 0) is 16.8 Å². The molecule has 0 aliphatic heterocycles. The van der Waals surface area contributed by atoms with Gasteiger partial charge in [-0.15, -0.1) is 22.7 Å². The van der Waals surface area contributed by atoms with Gasteiger partial charge in [0.25, 0.3) is 0 Å². The standard InChI is InChI=1S/C19H17F4N3O2S2/c1-10-9-29-16(24-10)18(28,19(21,22)23)8-15(27)26-17-25-11(2)14(30-17)7-12-3-5-13(20)6-4-12/h3-6,9,28H,7-8H2,1-2H3,(H,25,26,27). The molecule has 0 saturated heterocycles. The Labute approximate surface area is 177 Å². The molecule has 1 unspecified atom stereocenters. The third-order valence-electron chi connectivity index (χ3n) is 4.28. The van der Waals surface area contributed by atoms with E-state index in [0.29, 0.717) is 29.1 Å². The number of benzene rings is 1. The highest BCUT2D eigenvalue weighted by molar-refractivity contribution is 7.15. The van der Waals surface area contributed by atoms with Crippen molar-refractivity contribution in [1.29, 1.82) is 0 Å². The summed E-state index contributed by atoms with van der Waals surface area (Å²) >= 11 is 1.75. The highest BCUT2D eigenvalue weighted by Gasteiger charge is 2.58. The minimum atomic E-state index is -5.08. The van der Waals surface area contributed by atoms with Gasteiger partial charge in [-0.2, -0.15) is 13.2 Å². The first kappa shape index (κ1) is 22.3. The van der Waals surface area contributed by atoms with E-state index in [0.717, 1.165) is 21.8 Å². The summed E-state index contributed by atoms with van der Waals surface area (Å²) in [5.41, 5.74) is -1.65. The summed E-state index contributed by atoms with van der Waals surface area (Å²) in [6.07, 6.45) is -5.89. The second-order valence-corrected chi connectivity index (χ2v) is 8.65. The number of aryl methyl sites for hydroxylation is 2. The zero-order chi connectivity index (χ0) is 22.1. The van der Waals surface area contributed by atoms with Gasteiger partial charge in [0.1, 0.15) is 10.8 Å². The molecule has 0 saturated carbocycles. The molecule has 1 aromatic carbocycles. The van der Waals surface area contributed by atoms with Gasteiger partial charge in [-0.25, -0.2) is 14.4 Å². The summed E-state index contributed by atoms with van der Waals surface area (Å²) in [7, 11) is 0. The van der Waals surface area contributed by atoms with Crippen molar-refractivity contribution in [2.45, 2.75) is 38.5 Å². The Morgan fingerprint density at radius 1 is 1.17 bits per heavy atom. The van der Waals surface area contributed by atoms with Crippen LogP contribution in [0.5, 0.6) is 0 Å². The van der Waals surface area contributed by atoms with Crippen LogP contribution < -0.4 is 5.32 Å². The Hall–Kier alpha value is -2.37. The van der Waals surface area contributed by atoms with E-state index in [1.807, 2.05) is 0 Å². The zero-order valence-electron chi connectivity index (χ0n) is 15.9. The number of hydrogen-bond acceptors (Lipinski definition) is 6. The van der Waals surface area contributed by atoms with E-state index in [1.54, 1.807) is 19.1 Å². The maximum Gasteiger partial charge on any atom is 0.424 e. The Kier molecular flexibility index (Phi) is 6.25. The van der Waals surface area contributed by atoms with Crippen LogP contribution in [-0.4, -0.2) is 27.2 Å². The van der Waals surface area contributed by atoms with E-state index in [1.165, 1.54) is 24.4 Å². The molecular formula is C19H17F4N3O2S2. The predicted octanol–water partition coefficient (Wildman–Crippen LogP) is 4.73. The zero-order valence-corrected chi connectivity index (χ0v) is 17.5. The molecule has 11 heteroatoms. The molecule has 3 rings (SSSR count). The summed E-state index contributed by atoms with van der Waals surface area (Å²) in [5, 5.41) is 13.5. The molecule has 0 spiro atoms. The number of aliphatic hydroxyl groups is 1. The molecule has 0 fully saturated rings. The SMILES string of the molecule is Cc1csc(C(O)(CC(=O)Nc2nc(C)c(Cc3ccc(F)cc3)s2)C(F)(F)F)n1. The number of nitrogens with one attached hydrogen (secondary N) is 1. The smallest absolute Gasteiger partial charge is 0.374 e. The number of amides is 1. The van der Waals surface area contributed by atoms with Crippen molar-refractivity contribution < 1.29 is 27.5 Å². The van der Waals surface area contributed by atoms with Gasteiger partial charge in [-0.3, -0.25) is 4.79 Å². The topological polar surface area (TPSA) is 75.1 Å². The highest BCUT2D eigenvalue weighted by Crippen LogP contribution is 2.43. The molecule has 0 radical (unpaired) electrons. The molecule has 2 aromatic heterocycles. The van der Waals surface area contributed by atoms with Crippen LogP contribution in [0.4, 0.5) is 22.7 Å². The van der Waals surface area contributed by atoms with E-state index in [9.17, 15) is 27.5 Å². The van der Waals surface area contributed by atoms with Crippen LogP contribution in [0.15, 0.2) is 29.6 Å². The van der Waals surface area contributed by atoms with Crippen LogP contribution in [0.1, 0.15) is 33.3 Å². The predicted molar refractivity (Wildman–Crippen MR) is 106 cm³/mol. The molecule has 30 heavy (non-hydrogen) atoms. The molecule has 0 bridgehead atoms. The fourth-order valence-corrected chi connectivity index (χ4v) is 4.60. The van der Waals surface area contributed by atoms with Gasteiger partial charge >= 0.3 is 6.18 Å². The number of carbonyl (C=O) groups excluding carboxylic acids is 1. The Balaban J connectivity index is 1.74. The van der Waals surface area contributed by atoms with E-state index < -0.39 is 29.1 Å². The Bertz CT molecular complexity index is 1050. The number of rotatable bonds is 6. The van der Waals surface area contributed by atoms with Gasteiger partial charge in [0.2, 0.25) is 11.5 Å². The van der Waals surface area contributed by atoms with Crippen LogP contribution in [0.2, 0.25) is 0 Å². The van der Waals surface area contributed by atoms with Gasteiger partial charge < -0.3 is 10.4 Å². The third kappa shape index (κ3) is 4.85. The van der Waals surface area contributed by atoms with Crippen molar-refractivity contribution in [2.24, 2.45) is 0 Å². The quantitative estimate of drug-likeness (QED) is 0.523. The Morgan fingerprint density at radius 3 is 2.40 bits per heavy atom. The molecule has 3 aromatic rings. The van der Waals surface area contributed by atoms with Gasteiger partial charge in [0, 0.05) is 22.4 Å². The number of nitrogens with zero attached hydrogens (tertiary/aromatic N) is 2. The molecule has 5 nitrogen and oxygen atoms in total. The number of hydrogen-bond donors (Lipinski definition) is 2. The monoisotopic (exact) mass is 459 g/mol. The lowest BCUT2D eigenvalue weighted by Gasteiger charge is -2.27. The molecule has 0 aliphatic carbocycles. The lowest BCUT2D eigenvalue weighted by atomic mass is 9.99. The maximum atomic E-state index is 13.5. The lowest BCUT2D eigenvalue weighted by Crippen LogP contribution is -2.45. The average Bonchev–Trinajstić information content (AvgIpc) is 3.22. The summed E-state index contributed by atoms with van der Waals surface area (Å²) < 4.78 is 53.6. The third-order valence-corrected chi connectivity index (χ3v) is 6.46. The summed E-state index contributed by atoms with van der Waals surface area (Å²) in [5.74, 6) is -1.40. The average molecular weight is 459 g/mol. The minimum Gasteiger partial charge on any atom is -0.374 e. The number of thiazole rings is 2.